The molecule has 12 heteroatoms. The zero-order valence-corrected chi connectivity index (χ0v) is 17.2. The molecule has 0 aliphatic heterocycles. The first-order chi connectivity index (χ1) is 14.8. The van der Waals surface area contributed by atoms with Crippen LogP contribution in [-0.2, 0) is 6.18 Å². The van der Waals surface area contributed by atoms with Crippen LogP contribution in [0.5, 0.6) is 0 Å². The molecule has 0 spiro atoms. The summed E-state index contributed by atoms with van der Waals surface area (Å²) in [4.78, 5) is 21.2. The molecular weight excluding hydrogens is 451 g/mol. The van der Waals surface area contributed by atoms with E-state index in [1.807, 2.05) is 6.07 Å². The molecule has 1 aromatic carbocycles. The van der Waals surface area contributed by atoms with Gasteiger partial charge in [-0.1, -0.05) is 11.6 Å². The van der Waals surface area contributed by atoms with Crippen molar-refractivity contribution in [2.75, 3.05) is 5.32 Å². The van der Waals surface area contributed by atoms with Gasteiger partial charge >= 0.3 is 6.18 Å². The summed E-state index contributed by atoms with van der Waals surface area (Å²) in [5, 5.41) is 12.7. The molecule has 1 N–H and O–H groups in total. The number of fused-ring (bicyclic) bond motifs is 1. The van der Waals surface area contributed by atoms with Crippen LogP contribution in [-0.4, -0.2) is 24.9 Å². The lowest BCUT2D eigenvalue weighted by molar-refractivity contribution is -0.136. The number of halogens is 4. The highest BCUT2D eigenvalue weighted by Gasteiger charge is 2.34. The fourth-order valence-electron chi connectivity index (χ4n) is 3.00. The Hall–Kier alpha value is -3.36. The van der Waals surface area contributed by atoms with Crippen molar-refractivity contribution in [1.82, 2.24) is 24.9 Å². The summed E-state index contributed by atoms with van der Waals surface area (Å²) in [6.07, 6.45) is 0.857. The third-order valence-corrected chi connectivity index (χ3v) is 5.44. The Labute approximate surface area is 182 Å². The van der Waals surface area contributed by atoms with E-state index in [-0.39, 0.29) is 21.7 Å². The van der Waals surface area contributed by atoms with Crippen molar-refractivity contribution in [2.45, 2.75) is 19.1 Å². The van der Waals surface area contributed by atoms with Crippen molar-refractivity contribution >= 4 is 39.7 Å². The van der Waals surface area contributed by atoms with Gasteiger partial charge < -0.3 is 5.32 Å². The van der Waals surface area contributed by atoms with E-state index in [1.54, 1.807) is 6.92 Å². The Bertz CT molecular complexity index is 1320. The predicted molar refractivity (Wildman–Crippen MR) is 109 cm³/mol. The first-order valence-electron chi connectivity index (χ1n) is 8.73. The minimum Gasteiger partial charge on any atom is -0.361 e. The van der Waals surface area contributed by atoms with Gasteiger partial charge in [0, 0.05) is 22.8 Å². The molecule has 3 aromatic heterocycles. The van der Waals surface area contributed by atoms with Crippen LogP contribution in [0.2, 0.25) is 5.02 Å². The zero-order chi connectivity index (χ0) is 22.2. The molecule has 0 saturated carbocycles. The van der Waals surface area contributed by atoms with Gasteiger partial charge in [-0.3, -0.25) is 9.97 Å². The largest absolute Gasteiger partial charge is 0.418 e. The number of nitrogens with zero attached hydrogens (tertiary/aromatic N) is 6. The number of hydrogen-bond donors (Lipinski definition) is 1. The van der Waals surface area contributed by atoms with E-state index >= 15 is 0 Å². The van der Waals surface area contributed by atoms with E-state index in [4.69, 9.17) is 16.9 Å². The van der Waals surface area contributed by atoms with E-state index in [1.165, 1.54) is 24.7 Å². The summed E-state index contributed by atoms with van der Waals surface area (Å²) in [6, 6.07) is 3.72. The van der Waals surface area contributed by atoms with Gasteiger partial charge in [0.15, 0.2) is 0 Å². The van der Waals surface area contributed by atoms with Crippen LogP contribution in [0.4, 0.5) is 19.0 Å². The average molecular weight is 462 g/mol. The standard InChI is InChI=1S/C19H11ClF3N7S/c1-9(14-16(26-3-2-25-14)18-27-7-11(6-24)31-18)30-17-12-4-10(20)5-13(19(21,22)23)15(12)28-8-29-17/h2-5,7-9H,1H3,(H,28,29,30). The molecule has 3 heterocycles. The number of aromatic nitrogens is 5. The van der Waals surface area contributed by atoms with Crippen molar-refractivity contribution < 1.29 is 13.2 Å². The normalized spacial score (nSPS) is 12.5. The summed E-state index contributed by atoms with van der Waals surface area (Å²) in [5.41, 5.74) is -0.257. The van der Waals surface area contributed by atoms with Gasteiger partial charge in [0.2, 0.25) is 0 Å². The Balaban J connectivity index is 1.76. The van der Waals surface area contributed by atoms with Gasteiger partial charge in [0.05, 0.1) is 29.0 Å². The second kappa shape index (κ2) is 8.05. The Morgan fingerprint density at radius 2 is 1.90 bits per heavy atom. The fraction of sp³-hybridized carbons (Fsp3) is 0.158. The van der Waals surface area contributed by atoms with Crippen LogP contribution in [0.25, 0.3) is 21.6 Å². The number of benzene rings is 1. The summed E-state index contributed by atoms with van der Waals surface area (Å²) in [7, 11) is 0. The van der Waals surface area contributed by atoms with Crippen molar-refractivity contribution in [3.8, 4) is 16.8 Å². The summed E-state index contributed by atoms with van der Waals surface area (Å²) >= 11 is 7.10. The van der Waals surface area contributed by atoms with E-state index in [0.717, 1.165) is 23.7 Å². The number of anilines is 1. The minimum atomic E-state index is -4.62. The molecule has 156 valence electrons. The molecular formula is C19H11ClF3N7S. The van der Waals surface area contributed by atoms with Crippen LogP contribution < -0.4 is 5.32 Å². The Morgan fingerprint density at radius 1 is 1.13 bits per heavy atom. The van der Waals surface area contributed by atoms with Crippen LogP contribution >= 0.6 is 22.9 Å². The lowest BCUT2D eigenvalue weighted by Crippen LogP contribution is -2.13. The van der Waals surface area contributed by atoms with Crippen LogP contribution in [0.1, 0.15) is 29.1 Å². The van der Waals surface area contributed by atoms with E-state index in [0.29, 0.717) is 21.3 Å². The highest BCUT2D eigenvalue weighted by molar-refractivity contribution is 7.15. The van der Waals surface area contributed by atoms with Crippen molar-refractivity contribution in [3.63, 3.8) is 0 Å². The minimum absolute atomic E-state index is 0.0858. The Kier molecular flexibility index (Phi) is 5.43. The number of thiazole rings is 1. The summed E-state index contributed by atoms with van der Waals surface area (Å²) in [6.45, 7) is 1.76. The third-order valence-electron chi connectivity index (χ3n) is 4.32. The van der Waals surface area contributed by atoms with Crippen molar-refractivity contribution in [1.29, 1.82) is 5.26 Å². The molecule has 0 fully saturated rings. The summed E-state index contributed by atoms with van der Waals surface area (Å²) in [5.74, 6) is 0.166. The number of nitriles is 1. The molecule has 31 heavy (non-hydrogen) atoms. The predicted octanol–water partition coefficient (Wildman–Crippen LogP) is 5.26. The second-order valence-electron chi connectivity index (χ2n) is 6.37. The molecule has 7 nitrogen and oxygen atoms in total. The molecule has 0 amide bonds. The topological polar surface area (TPSA) is 100 Å². The monoisotopic (exact) mass is 461 g/mol. The van der Waals surface area contributed by atoms with Gasteiger partial charge in [-0.05, 0) is 19.1 Å². The molecule has 4 rings (SSSR count). The zero-order valence-electron chi connectivity index (χ0n) is 15.6. The second-order valence-corrected chi connectivity index (χ2v) is 7.83. The van der Waals surface area contributed by atoms with Gasteiger partial charge in [-0.2, -0.15) is 18.4 Å². The maximum atomic E-state index is 13.4. The van der Waals surface area contributed by atoms with Gasteiger partial charge in [-0.25, -0.2) is 15.0 Å². The van der Waals surface area contributed by atoms with Gasteiger partial charge in [0.1, 0.15) is 33.8 Å². The number of rotatable bonds is 4. The highest BCUT2D eigenvalue weighted by Crippen LogP contribution is 2.38. The quantitative estimate of drug-likeness (QED) is 0.442. The van der Waals surface area contributed by atoms with E-state index < -0.39 is 17.8 Å². The molecule has 1 unspecified atom stereocenters. The van der Waals surface area contributed by atoms with Crippen molar-refractivity contribution in [2.24, 2.45) is 0 Å². The number of hydrogen-bond acceptors (Lipinski definition) is 8. The molecule has 0 radical (unpaired) electrons. The molecule has 4 aromatic rings. The van der Waals surface area contributed by atoms with Gasteiger partial charge in [-0.15, -0.1) is 11.3 Å². The third kappa shape index (κ3) is 4.12. The Morgan fingerprint density at radius 3 is 2.61 bits per heavy atom. The van der Waals surface area contributed by atoms with Crippen LogP contribution in [0.15, 0.2) is 37.1 Å². The highest BCUT2D eigenvalue weighted by atomic mass is 35.5. The first-order valence-corrected chi connectivity index (χ1v) is 9.92. The SMILES string of the molecule is CC(Nc1ncnc2c(C(F)(F)F)cc(Cl)cc12)c1nccnc1-c1ncc(C#N)s1. The summed E-state index contributed by atoms with van der Waals surface area (Å²) < 4.78 is 40.3. The number of nitrogens with one attached hydrogen (secondary N) is 1. The fourth-order valence-corrected chi connectivity index (χ4v) is 3.94. The molecule has 0 aliphatic carbocycles. The molecule has 0 saturated heterocycles. The van der Waals surface area contributed by atoms with Gasteiger partial charge in [0.25, 0.3) is 0 Å². The van der Waals surface area contributed by atoms with E-state index in [9.17, 15) is 13.2 Å². The molecule has 1 atom stereocenters. The maximum absolute atomic E-state index is 13.4. The lowest BCUT2D eigenvalue weighted by atomic mass is 10.1. The van der Waals surface area contributed by atoms with Crippen molar-refractivity contribution in [3.05, 3.63) is 58.2 Å². The number of alkyl halides is 3. The van der Waals surface area contributed by atoms with Crippen LogP contribution in [0, 0.1) is 11.3 Å². The molecule has 0 bridgehead atoms. The van der Waals surface area contributed by atoms with Crippen LogP contribution in [0.3, 0.4) is 0 Å². The molecule has 0 aliphatic rings. The van der Waals surface area contributed by atoms with E-state index in [2.05, 4.69) is 30.2 Å². The maximum Gasteiger partial charge on any atom is 0.418 e. The smallest absolute Gasteiger partial charge is 0.361 e. The lowest BCUT2D eigenvalue weighted by Gasteiger charge is -2.18. The first kappa shape index (κ1) is 20.9. The average Bonchev–Trinajstić information content (AvgIpc) is 3.22.